The Kier molecular flexibility index (Phi) is 6.16. The van der Waals surface area contributed by atoms with Gasteiger partial charge in [0.25, 0.3) is 0 Å². The molecule has 96 valence electrons. The van der Waals surface area contributed by atoms with Gasteiger partial charge in [-0.1, -0.05) is 0 Å². The number of pyridine rings is 1. The van der Waals surface area contributed by atoms with Crippen LogP contribution in [0.1, 0.15) is 33.3 Å². The van der Waals surface area contributed by atoms with Crippen LogP contribution in [0.4, 0.5) is 0 Å². The van der Waals surface area contributed by atoms with Crippen LogP contribution < -0.4 is 5.32 Å². The summed E-state index contributed by atoms with van der Waals surface area (Å²) in [4.78, 5) is 6.51. The van der Waals surface area contributed by atoms with E-state index in [9.17, 15) is 0 Å². The van der Waals surface area contributed by atoms with Gasteiger partial charge in [-0.25, -0.2) is 0 Å². The standard InChI is InChI=1S/C14H25N3/c1-12(2)17(13(3)4)10-9-16-11-14-5-7-15-8-6-14/h5-8,12-13,16H,9-11H2,1-4H3. The van der Waals surface area contributed by atoms with E-state index < -0.39 is 0 Å². The second kappa shape index (κ2) is 7.41. The van der Waals surface area contributed by atoms with Crippen molar-refractivity contribution in [2.75, 3.05) is 13.1 Å². The number of hydrogen-bond acceptors (Lipinski definition) is 3. The summed E-state index contributed by atoms with van der Waals surface area (Å²) in [6.07, 6.45) is 3.68. The molecule has 0 radical (unpaired) electrons. The zero-order valence-corrected chi connectivity index (χ0v) is 11.5. The molecule has 1 aromatic heterocycles. The van der Waals surface area contributed by atoms with Crippen molar-refractivity contribution in [1.29, 1.82) is 0 Å². The number of nitrogens with zero attached hydrogens (tertiary/aromatic N) is 2. The average molecular weight is 235 g/mol. The predicted molar refractivity (Wildman–Crippen MR) is 72.9 cm³/mol. The Morgan fingerprint density at radius 3 is 2.24 bits per heavy atom. The van der Waals surface area contributed by atoms with Crippen LogP contribution in [-0.2, 0) is 6.54 Å². The summed E-state index contributed by atoms with van der Waals surface area (Å²) in [6, 6.07) is 5.32. The van der Waals surface area contributed by atoms with Gasteiger partial charge >= 0.3 is 0 Å². The third-order valence-electron chi connectivity index (χ3n) is 2.95. The van der Waals surface area contributed by atoms with E-state index in [1.54, 1.807) is 0 Å². The van der Waals surface area contributed by atoms with Crippen LogP contribution in [0.25, 0.3) is 0 Å². The molecule has 3 heteroatoms. The summed E-state index contributed by atoms with van der Waals surface area (Å²) in [5.74, 6) is 0. The Balaban J connectivity index is 2.23. The Labute approximate surface area is 105 Å². The van der Waals surface area contributed by atoms with Crippen molar-refractivity contribution < 1.29 is 0 Å². The minimum atomic E-state index is 0.609. The molecule has 0 aromatic carbocycles. The highest BCUT2D eigenvalue weighted by molar-refractivity contribution is 5.08. The lowest BCUT2D eigenvalue weighted by Gasteiger charge is -2.30. The fraction of sp³-hybridized carbons (Fsp3) is 0.643. The van der Waals surface area contributed by atoms with Crippen LogP contribution >= 0.6 is 0 Å². The highest BCUT2D eigenvalue weighted by atomic mass is 15.2. The molecule has 1 N–H and O–H groups in total. The summed E-state index contributed by atoms with van der Waals surface area (Å²) in [5, 5.41) is 3.47. The summed E-state index contributed by atoms with van der Waals surface area (Å²) >= 11 is 0. The Morgan fingerprint density at radius 1 is 1.12 bits per heavy atom. The lowest BCUT2D eigenvalue weighted by molar-refractivity contribution is 0.176. The van der Waals surface area contributed by atoms with Crippen LogP contribution in [0.15, 0.2) is 24.5 Å². The molecule has 0 unspecified atom stereocenters. The third kappa shape index (κ3) is 5.29. The number of aromatic nitrogens is 1. The molecule has 0 aliphatic rings. The number of rotatable bonds is 7. The van der Waals surface area contributed by atoms with E-state index in [-0.39, 0.29) is 0 Å². The molecule has 3 nitrogen and oxygen atoms in total. The summed E-state index contributed by atoms with van der Waals surface area (Å²) in [7, 11) is 0. The number of nitrogens with one attached hydrogen (secondary N) is 1. The maximum Gasteiger partial charge on any atom is 0.0271 e. The summed E-state index contributed by atoms with van der Waals surface area (Å²) in [5.41, 5.74) is 1.29. The topological polar surface area (TPSA) is 28.2 Å². The molecule has 0 aliphatic heterocycles. The molecule has 0 amide bonds. The van der Waals surface area contributed by atoms with Gasteiger partial charge in [-0.05, 0) is 45.4 Å². The van der Waals surface area contributed by atoms with Gasteiger partial charge in [-0.15, -0.1) is 0 Å². The van der Waals surface area contributed by atoms with Crippen molar-refractivity contribution in [1.82, 2.24) is 15.2 Å². The largest absolute Gasteiger partial charge is 0.311 e. The molecule has 0 bridgehead atoms. The molecule has 17 heavy (non-hydrogen) atoms. The highest BCUT2D eigenvalue weighted by Crippen LogP contribution is 2.03. The maximum atomic E-state index is 4.01. The predicted octanol–water partition coefficient (Wildman–Crippen LogP) is 2.29. The zero-order chi connectivity index (χ0) is 12.7. The molecule has 1 aromatic rings. The van der Waals surface area contributed by atoms with Gasteiger partial charge in [-0.2, -0.15) is 0 Å². The quantitative estimate of drug-likeness (QED) is 0.735. The van der Waals surface area contributed by atoms with Crippen molar-refractivity contribution in [2.24, 2.45) is 0 Å². The van der Waals surface area contributed by atoms with Crippen LogP contribution in [-0.4, -0.2) is 35.1 Å². The Hall–Kier alpha value is -0.930. The van der Waals surface area contributed by atoms with Crippen LogP contribution in [0, 0.1) is 0 Å². The molecule has 0 saturated carbocycles. The second-order valence-corrected chi connectivity index (χ2v) is 4.96. The van der Waals surface area contributed by atoms with Gasteiger partial charge < -0.3 is 5.32 Å². The van der Waals surface area contributed by atoms with Gasteiger partial charge in [0.1, 0.15) is 0 Å². The molecule has 0 atom stereocenters. The highest BCUT2D eigenvalue weighted by Gasteiger charge is 2.11. The Bertz CT molecular complexity index is 288. The van der Waals surface area contributed by atoms with E-state index in [1.807, 2.05) is 12.4 Å². The second-order valence-electron chi connectivity index (χ2n) is 4.96. The first-order chi connectivity index (χ1) is 8.11. The van der Waals surface area contributed by atoms with Crippen molar-refractivity contribution in [3.8, 4) is 0 Å². The van der Waals surface area contributed by atoms with E-state index in [2.05, 4.69) is 55.0 Å². The minimum absolute atomic E-state index is 0.609. The number of hydrogen-bond donors (Lipinski definition) is 1. The molecule has 1 heterocycles. The molecule has 0 saturated heterocycles. The molecule has 0 spiro atoms. The summed E-state index contributed by atoms with van der Waals surface area (Å²) in [6.45, 7) is 12.1. The molecular weight excluding hydrogens is 210 g/mol. The molecular formula is C14H25N3. The summed E-state index contributed by atoms with van der Waals surface area (Å²) < 4.78 is 0. The van der Waals surface area contributed by atoms with Crippen molar-refractivity contribution in [2.45, 2.75) is 46.3 Å². The van der Waals surface area contributed by atoms with Gasteiger partial charge in [0.05, 0.1) is 0 Å². The van der Waals surface area contributed by atoms with Gasteiger partial charge in [0.2, 0.25) is 0 Å². The van der Waals surface area contributed by atoms with Crippen LogP contribution in [0.3, 0.4) is 0 Å². The fourth-order valence-corrected chi connectivity index (χ4v) is 2.05. The van der Waals surface area contributed by atoms with Crippen LogP contribution in [0.2, 0.25) is 0 Å². The normalized spacial score (nSPS) is 11.7. The van der Waals surface area contributed by atoms with E-state index in [0.29, 0.717) is 12.1 Å². The maximum absolute atomic E-state index is 4.01. The van der Waals surface area contributed by atoms with Crippen molar-refractivity contribution in [3.05, 3.63) is 30.1 Å². The van der Waals surface area contributed by atoms with Crippen LogP contribution in [0.5, 0.6) is 0 Å². The third-order valence-corrected chi connectivity index (χ3v) is 2.95. The first-order valence-electron chi connectivity index (χ1n) is 6.46. The van der Waals surface area contributed by atoms with E-state index >= 15 is 0 Å². The van der Waals surface area contributed by atoms with E-state index in [1.165, 1.54) is 5.56 Å². The Morgan fingerprint density at radius 2 is 1.71 bits per heavy atom. The SMILES string of the molecule is CC(C)N(CCNCc1ccncc1)C(C)C. The first kappa shape index (κ1) is 14.1. The van der Waals surface area contributed by atoms with Crippen molar-refractivity contribution >= 4 is 0 Å². The molecule has 0 aliphatic carbocycles. The van der Waals surface area contributed by atoms with Gasteiger partial charge in [0.15, 0.2) is 0 Å². The monoisotopic (exact) mass is 235 g/mol. The lowest BCUT2D eigenvalue weighted by Crippen LogP contribution is -2.41. The zero-order valence-electron chi connectivity index (χ0n) is 11.5. The molecule has 1 rings (SSSR count). The minimum Gasteiger partial charge on any atom is -0.311 e. The lowest BCUT2D eigenvalue weighted by atomic mass is 10.2. The van der Waals surface area contributed by atoms with E-state index in [0.717, 1.165) is 19.6 Å². The smallest absolute Gasteiger partial charge is 0.0271 e. The van der Waals surface area contributed by atoms with Crippen molar-refractivity contribution in [3.63, 3.8) is 0 Å². The first-order valence-corrected chi connectivity index (χ1v) is 6.46. The fourth-order valence-electron chi connectivity index (χ4n) is 2.05. The van der Waals surface area contributed by atoms with Gasteiger partial charge in [0, 0.05) is 44.1 Å². The average Bonchev–Trinajstić information content (AvgIpc) is 2.29. The van der Waals surface area contributed by atoms with E-state index in [4.69, 9.17) is 0 Å². The van der Waals surface area contributed by atoms with Gasteiger partial charge in [-0.3, -0.25) is 9.88 Å². The molecule has 0 fully saturated rings.